The largest absolute Gasteiger partial charge is 0.341 e. The molecule has 120 valence electrons. The molecule has 1 N–H and O–H groups in total. The molecule has 0 aliphatic carbocycles. The third kappa shape index (κ3) is 4.99. The minimum Gasteiger partial charge on any atom is -0.341 e. The van der Waals surface area contributed by atoms with Crippen LogP contribution in [0.25, 0.3) is 0 Å². The zero-order valence-corrected chi connectivity index (χ0v) is 13.3. The number of carbonyl (C=O) groups is 2. The first-order valence-electron chi connectivity index (χ1n) is 8.41. The number of hydrogen-bond acceptors (Lipinski definition) is 3. The lowest BCUT2D eigenvalue weighted by Crippen LogP contribution is -2.47. The van der Waals surface area contributed by atoms with Crippen LogP contribution in [0.1, 0.15) is 44.9 Å². The number of likely N-dealkylation sites (tertiary alicyclic amines) is 2. The van der Waals surface area contributed by atoms with Crippen molar-refractivity contribution in [3.63, 3.8) is 0 Å². The van der Waals surface area contributed by atoms with Gasteiger partial charge in [0.15, 0.2) is 0 Å². The number of piperidine rings is 1. The van der Waals surface area contributed by atoms with Gasteiger partial charge in [-0.25, -0.2) is 0 Å². The average molecular weight is 295 g/mol. The van der Waals surface area contributed by atoms with Crippen molar-refractivity contribution in [2.75, 3.05) is 39.8 Å². The fourth-order valence-electron chi connectivity index (χ4n) is 3.32. The van der Waals surface area contributed by atoms with Crippen LogP contribution >= 0.6 is 0 Å². The molecule has 0 spiro atoms. The van der Waals surface area contributed by atoms with E-state index in [0.717, 1.165) is 58.3 Å². The molecule has 2 rings (SSSR count). The molecule has 21 heavy (non-hydrogen) atoms. The van der Waals surface area contributed by atoms with Gasteiger partial charge >= 0.3 is 0 Å². The van der Waals surface area contributed by atoms with Gasteiger partial charge in [0.05, 0.1) is 6.54 Å². The summed E-state index contributed by atoms with van der Waals surface area (Å²) in [6, 6.07) is 0. The molecule has 5 nitrogen and oxygen atoms in total. The van der Waals surface area contributed by atoms with Gasteiger partial charge < -0.3 is 15.1 Å². The van der Waals surface area contributed by atoms with E-state index in [2.05, 4.69) is 5.32 Å². The van der Waals surface area contributed by atoms with Crippen LogP contribution in [0.3, 0.4) is 0 Å². The number of rotatable bonds is 4. The highest BCUT2D eigenvalue weighted by Crippen LogP contribution is 2.17. The maximum atomic E-state index is 12.4. The fraction of sp³-hybridized carbons (Fsp3) is 0.875. The SMILES string of the molecule is CNCC1CCN(C(=O)CN2CCCCCCC2=O)CC1. The van der Waals surface area contributed by atoms with Crippen molar-refractivity contribution in [2.24, 2.45) is 5.92 Å². The second kappa shape index (κ2) is 8.37. The van der Waals surface area contributed by atoms with Crippen molar-refractivity contribution in [1.82, 2.24) is 15.1 Å². The van der Waals surface area contributed by atoms with Crippen molar-refractivity contribution < 1.29 is 9.59 Å². The summed E-state index contributed by atoms with van der Waals surface area (Å²) in [5, 5.41) is 3.21. The highest BCUT2D eigenvalue weighted by Gasteiger charge is 2.25. The van der Waals surface area contributed by atoms with Gasteiger partial charge in [-0.2, -0.15) is 0 Å². The molecule has 0 aromatic rings. The van der Waals surface area contributed by atoms with Crippen LogP contribution in [0.5, 0.6) is 0 Å². The molecule has 2 fully saturated rings. The van der Waals surface area contributed by atoms with Crippen LogP contribution < -0.4 is 5.32 Å². The summed E-state index contributed by atoms with van der Waals surface area (Å²) in [4.78, 5) is 28.2. The predicted molar refractivity (Wildman–Crippen MR) is 82.9 cm³/mol. The molecule has 0 aromatic carbocycles. The zero-order valence-electron chi connectivity index (χ0n) is 13.3. The van der Waals surface area contributed by atoms with E-state index in [9.17, 15) is 9.59 Å². The van der Waals surface area contributed by atoms with Gasteiger partial charge in [0.25, 0.3) is 0 Å². The Kier molecular flexibility index (Phi) is 6.49. The highest BCUT2D eigenvalue weighted by molar-refractivity contribution is 5.85. The highest BCUT2D eigenvalue weighted by atomic mass is 16.2. The smallest absolute Gasteiger partial charge is 0.242 e. The van der Waals surface area contributed by atoms with Crippen LogP contribution in [0.15, 0.2) is 0 Å². The van der Waals surface area contributed by atoms with Crippen molar-refractivity contribution in [1.29, 1.82) is 0 Å². The van der Waals surface area contributed by atoms with E-state index in [0.29, 0.717) is 12.3 Å². The van der Waals surface area contributed by atoms with E-state index in [1.54, 1.807) is 4.90 Å². The molecule has 0 atom stereocenters. The summed E-state index contributed by atoms with van der Waals surface area (Å²) in [5.41, 5.74) is 0. The fourth-order valence-corrected chi connectivity index (χ4v) is 3.32. The quantitative estimate of drug-likeness (QED) is 0.849. The molecule has 2 aliphatic rings. The Morgan fingerprint density at radius 3 is 2.57 bits per heavy atom. The topological polar surface area (TPSA) is 52.7 Å². The van der Waals surface area contributed by atoms with Gasteiger partial charge in [-0.15, -0.1) is 0 Å². The van der Waals surface area contributed by atoms with Crippen LogP contribution in [0.2, 0.25) is 0 Å². The second-order valence-corrected chi connectivity index (χ2v) is 6.36. The lowest BCUT2D eigenvalue weighted by molar-refractivity contribution is -0.141. The Morgan fingerprint density at radius 2 is 1.86 bits per heavy atom. The maximum absolute atomic E-state index is 12.4. The molecular formula is C16H29N3O2. The van der Waals surface area contributed by atoms with Crippen molar-refractivity contribution in [3.8, 4) is 0 Å². The third-order valence-electron chi connectivity index (χ3n) is 4.71. The van der Waals surface area contributed by atoms with Gasteiger partial charge in [0, 0.05) is 26.1 Å². The minimum atomic E-state index is 0.131. The van der Waals surface area contributed by atoms with Crippen LogP contribution in [0.4, 0.5) is 0 Å². The molecule has 0 aromatic heterocycles. The first-order valence-corrected chi connectivity index (χ1v) is 8.41. The molecule has 2 heterocycles. The average Bonchev–Trinajstić information content (AvgIpc) is 2.48. The van der Waals surface area contributed by atoms with Crippen LogP contribution in [-0.4, -0.2) is 61.4 Å². The normalized spacial score (nSPS) is 22.0. The maximum Gasteiger partial charge on any atom is 0.242 e. The first-order chi connectivity index (χ1) is 10.2. The molecule has 2 aliphatic heterocycles. The third-order valence-corrected chi connectivity index (χ3v) is 4.71. The molecule has 0 unspecified atom stereocenters. The molecule has 2 amide bonds. The summed E-state index contributed by atoms with van der Waals surface area (Å²) in [7, 11) is 1.98. The van der Waals surface area contributed by atoms with E-state index in [1.807, 2.05) is 11.9 Å². The van der Waals surface area contributed by atoms with E-state index in [4.69, 9.17) is 0 Å². The standard InChI is InChI=1S/C16H29N3O2/c1-17-12-14-7-10-18(11-8-14)16(21)13-19-9-5-3-2-4-6-15(19)20/h14,17H,2-13H2,1H3. The number of carbonyl (C=O) groups excluding carboxylic acids is 2. The van der Waals surface area contributed by atoms with E-state index in [1.165, 1.54) is 6.42 Å². The Morgan fingerprint density at radius 1 is 1.14 bits per heavy atom. The Bertz CT molecular complexity index is 351. The summed E-state index contributed by atoms with van der Waals surface area (Å²) in [6.07, 6.45) is 7.07. The molecular weight excluding hydrogens is 266 g/mol. The molecule has 0 radical (unpaired) electrons. The van der Waals surface area contributed by atoms with Crippen molar-refractivity contribution in [2.45, 2.75) is 44.9 Å². The van der Waals surface area contributed by atoms with Gasteiger partial charge in [0.1, 0.15) is 0 Å². The Hall–Kier alpha value is -1.10. The Balaban J connectivity index is 1.79. The number of nitrogens with zero attached hydrogens (tertiary/aromatic N) is 2. The summed E-state index contributed by atoms with van der Waals surface area (Å²) < 4.78 is 0. The summed E-state index contributed by atoms with van der Waals surface area (Å²) in [6.45, 7) is 3.75. The van der Waals surface area contributed by atoms with Gasteiger partial charge in [-0.1, -0.05) is 12.8 Å². The molecule has 5 heteroatoms. The Labute approximate surface area is 128 Å². The van der Waals surface area contributed by atoms with Crippen molar-refractivity contribution >= 4 is 11.8 Å². The van der Waals surface area contributed by atoms with Gasteiger partial charge in [0.2, 0.25) is 11.8 Å². The minimum absolute atomic E-state index is 0.131. The van der Waals surface area contributed by atoms with Crippen LogP contribution in [-0.2, 0) is 9.59 Å². The number of amides is 2. The lowest BCUT2D eigenvalue weighted by atomic mass is 9.97. The molecule has 2 saturated heterocycles. The van der Waals surface area contributed by atoms with Gasteiger partial charge in [-0.3, -0.25) is 9.59 Å². The predicted octanol–water partition coefficient (Wildman–Crippen LogP) is 1.24. The monoisotopic (exact) mass is 295 g/mol. The molecule has 0 saturated carbocycles. The number of nitrogens with one attached hydrogen (secondary N) is 1. The van der Waals surface area contributed by atoms with Crippen LogP contribution in [0, 0.1) is 5.92 Å². The summed E-state index contributed by atoms with van der Waals surface area (Å²) in [5.74, 6) is 0.974. The number of hydrogen-bond donors (Lipinski definition) is 1. The molecule has 0 bridgehead atoms. The lowest BCUT2D eigenvalue weighted by Gasteiger charge is -2.34. The second-order valence-electron chi connectivity index (χ2n) is 6.36. The van der Waals surface area contributed by atoms with Crippen molar-refractivity contribution in [3.05, 3.63) is 0 Å². The first kappa shape index (κ1) is 16.3. The summed E-state index contributed by atoms with van der Waals surface area (Å²) >= 11 is 0. The van der Waals surface area contributed by atoms with Gasteiger partial charge in [-0.05, 0) is 45.2 Å². The van der Waals surface area contributed by atoms with E-state index in [-0.39, 0.29) is 18.4 Å². The van der Waals surface area contributed by atoms with E-state index < -0.39 is 0 Å². The zero-order chi connectivity index (χ0) is 15.1. The van der Waals surface area contributed by atoms with E-state index >= 15 is 0 Å².